The van der Waals surface area contributed by atoms with Crippen LogP contribution < -0.4 is 5.73 Å². The average molecular weight is 334 g/mol. The Hall–Kier alpha value is -1.16. The van der Waals surface area contributed by atoms with Gasteiger partial charge in [0.25, 0.3) is 0 Å². The van der Waals surface area contributed by atoms with Crippen LogP contribution in [0, 0.1) is 0 Å². The van der Waals surface area contributed by atoms with Crippen molar-refractivity contribution in [2.24, 2.45) is 0 Å². The van der Waals surface area contributed by atoms with E-state index in [1.807, 2.05) is 0 Å². The molecule has 0 bridgehead atoms. The van der Waals surface area contributed by atoms with Crippen LogP contribution in [0.5, 0.6) is 0 Å². The van der Waals surface area contributed by atoms with Gasteiger partial charge in [0.2, 0.25) is 10.0 Å². The quantitative estimate of drug-likeness (QED) is 0.697. The van der Waals surface area contributed by atoms with Crippen LogP contribution in [0.25, 0.3) is 0 Å². The molecule has 1 aliphatic rings. The average Bonchev–Trinajstić information content (AvgIpc) is 2.76. The lowest BCUT2D eigenvalue weighted by molar-refractivity contribution is 0.232. The maximum atomic E-state index is 12.7. The Bertz CT molecular complexity index is 715. The number of hydrogen-bond donors (Lipinski definition) is 2. The Morgan fingerprint density at radius 1 is 1.33 bits per heavy atom. The van der Waals surface area contributed by atoms with Gasteiger partial charge in [0, 0.05) is 12.6 Å². The molecule has 1 aromatic carbocycles. The highest BCUT2D eigenvalue weighted by Crippen LogP contribution is 2.27. The lowest BCUT2D eigenvalue weighted by atomic mass is 10.3. The van der Waals surface area contributed by atoms with Crippen molar-refractivity contribution >= 4 is 25.5 Å². The molecule has 3 N–H and O–H groups in total. The SMILES string of the molecule is Nc1ccccc1S(=O)(=O)N(CCO)C1CCS(=O)(=O)C1. The number of nitrogens with two attached hydrogens (primary N) is 1. The molecule has 118 valence electrons. The zero-order valence-electron chi connectivity index (χ0n) is 11.3. The number of benzene rings is 1. The van der Waals surface area contributed by atoms with Gasteiger partial charge in [-0.3, -0.25) is 0 Å². The Kier molecular flexibility index (Phi) is 4.57. The topological polar surface area (TPSA) is 118 Å². The van der Waals surface area contributed by atoms with Gasteiger partial charge in [0.1, 0.15) is 4.90 Å². The van der Waals surface area contributed by atoms with E-state index < -0.39 is 25.9 Å². The first kappa shape index (κ1) is 16.2. The predicted molar refractivity (Wildman–Crippen MR) is 78.9 cm³/mol. The molecule has 0 radical (unpaired) electrons. The summed E-state index contributed by atoms with van der Waals surface area (Å²) >= 11 is 0. The Morgan fingerprint density at radius 3 is 2.52 bits per heavy atom. The normalized spacial score (nSPS) is 21.7. The minimum absolute atomic E-state index is 0.0423. The third kappa shape index (κ3) is 3.37. The smallest absolute Gasteiger partial charge is 0.245 e. The van der Waals surface area contributed by atoms with Gasteiger partial charge in [-0.15, -0.1) is 0 Å². The molecule has 7 nitrogen and oxygen atoms in total. The molecule has 1 aliphatic heterocycles. The summed E-state index contributed by atoms with van der Waals surface area (Å²) in [5.41, 5.74) is 5.80. The number of sulfonamides is 1. The highest BCUT2D eigenvalue weighted by atomic mass is 32.2. The zero-order chi connectivity index (χ0) is 15.7. The number of aliphatic hydroxyl groups excluding tert-OH is 1. The molecule has 0 saturated carbocycles. The van der Waals surface area contributed by atoms with Crippen molar-refractivity contribution in [2.75, 3.05) is 30.4 Å². The third-order valence-electron chi connectivity index (χ3n) is 3.44. The van der Waals surface area contributed by atoms with E-state index in [9.17, 15) is 16.8 Å². The number of nitrogen functional groups attached to an aromatic ring is 1. The second-order valence-electron chi connectivity index (χ2n) is 4.93. The summed E-state index contributed by atoms with van der Waals surface area (Å²) in [6.45, 7) is -0.542. The molecule has 21 heavy (non-hydrogen) atoms. The number of anilines is 1. The van der Waals surface area contributed by atoms with Crippen LogP contribution in [-0.4, -0.2) is 56.9 Å². The molecule has 1 unspecified atom stereocenters. The van der Waals surface area contributed by atoms with Crippen LogP contribution in [0.1, 0.15) is 6.42 Å². The first-order chi connectivity index (χ1) is 9.78. The van der Waals surface area contributed by atoms with Gasteiger partial charge in [0.05, 0.1) is 23.8 Å². The summed E-state index contributed by atoms with van der Waals surface area (Å²) in [6, 6.07) is 5.34. The number of para-hydroxylation sites is 1. The van der Waals surface area contributed by atoms with Gasteiger partial charge in [-0.2, -0.15) is 4.31 Å². The van der Waals surface area contributed by atoms with Crippen LogP contribution in [0.4, 0.5) is 5.69 Å². The fraction of sp³-hybridized carbons (Fsp3) is 0.500. The van der Waals surface area contributed by atoms with Crippen molar-refractivity contribution in [1.82, 2.24) is 4.31 Å². The highest BCUT2D eigenvalue weighted by Gasteiger charge is 2.38. The molecule has 1 aromatic rings. The van der Waals surface area contributed by atoms with Crippen LogP contribution in [0.3, 0.4) is 0 Å². The number of sulfone groups is 1. The van der Waals surface area contributed by atoms with Crippen molar-refractivity contribution < 1.29 is 21.9 Å². The van der Waals surface area contributed by atoms with Crippen molar-refractivity contribution in [3.8, 4) is 0 Å². The van der Waals surface area contributed by atoms with Crippen molar-refractivity contribution in [1.29, 1.82) is 0 Å². The standard InChI is InChI=1S/C12H18N2O5S2/c13-11-3-1-2-4-12(11)21(18,19)14(6-7-15)10-5-8-20(16,17)9-10/h1-4,10,15H,5-9,13H2. The van der Waals surface area contributed by atoms with E-state index in [0.29, 0.717) is 0 Å². The molecule has 1 fully saturated rings. The number of rotatable bonds is 5. The first-order valence-electron chi connectivity index (χ1n) is 6.45. The van der Waals surface area contributed by atoms with E-state index in [0.717, 1.165) is 4.31 Å². The van der Waals surface area contributed by atoms with Crippen LogP contribution in [0.15, 0.2) is 29.2 Å². The van der Waals surface area contributed by atoms with Gasteiger partial charge >= 0.3 is 0 Å². The third-order valence-corrected chi connectivity index (χ3v) is 7.22. The Labute approximate surface area is 124 Å². The highest BCUT2D eigenvalue weighted by molar-refractivity contribution is 7.92. The molecule has 1 heterocycles. The minimum Gasteiger partial charge on any atom is -0.398 e. The summed E-state index contributed by atoms with van der Waals surface area (Å²) in [4.78, 5) is -0.0669. The predicted octanol–water partition coefficient (Wildman–Crippen LogP) is -0.561. The van der Waals surface area contributed by atoms with E-state index in [1.54, 1.807) is 12.1 Å². The van der Waals surface area contributed by atoms with Gasteiger partial charge in [0.15, 0.2) is 9.84 Å². The molecule has 1 saturated heterocycles. The first-order valence-corrected chi connectivity index (χ1v) is 9.72. The van der Waals surface area contributed by atoms with E-state index in [2.05, 4.69) is 0 Å². The van der Waals surface area contributed by atoms with Crippen molar-refractivity contribution in [3.05, 3.63) is 24.3 Å². The fourth-order valence-electron chi connectivity index (χ4n) is 2.44. The molecule has 0 amide bonds. The fourth-order valence-corrected chi connectivity index (χ4v) is 6.03. The van der Waals surface area contributed by atoms with Crippen molar-refractivity contribution in [3.63, 3.8) is 0 Å². The summed E-state index contributed by atoms with van der Waals surface area (Å²) in [5, 5.41) is 9.12. The van der Waals surface area contributed by atoms with Crippen LogP contribution in [-0.2, 0) is 19.9 Å². The van der Waals surface area contributed by atoms with E-state index in [-0.39, 0.29) is 41.7 Å². The maximum absolute atomic E-state index is 12.7. The molecule has 9 heteroatoms. The van der Waals surface area contributed by atoms with E-state index in [4.69, 9.17) is 10.8 Å². The van der Waals surface area contributed by atoms with Gasteiger partial charge in [-0.25, -0.2) is 16.8 Å². The summed E-state index contributed by atoms with van der Waals surface area (Å²) in [5.74, 6) is -0.266. The molecule has 0 spiro atoms. The lowest BCUT2D eigenvalue weighted by Gasteiger charge is -2.27. The lowest BCUT2D eigenvalue weighted by Crippen LogP contribution is -2.42. The molecule has 0 aliphatic carbocycles. The largest absolute Gasteiger partial charge is 0.398 e. The van der Waals surface area contributed by atoms with Gasteiger partial charge in [-0.1, -0.05) is 12.1 Å². The van der Waals surface area contributed by atoms with Crippen LogP contribution in [0.2, 0.25) is 0 Å². The summed E-state index contributed by atoms with van der Waals surface area (Å²) < 4.78 is 49.5. The zero-order valence-corrected chi connectivity index (χ0v) is 13.0. The maximum Gasteiger partial charge on any atom is 0.245 e. The second kappa shape index (κ2) is 5.91. The number of hydrogen-bond acceptors (Lipinski definition) is 6. The van der Waals surface area contributed by atoms with Gasteiger partial charge in [-0.05, 0) is 18.6 Å². The molecule has 0 aromatic heterocycles. The van der Waals surface area contributed by atoms with E-state index >= 15 is 0 Å². The Balaban J connectivity index is 2.40. The minimum atomic E-state index is -3.94. The van der Waals surface area contributed by atoms with Crippen molar-refractivity contribution in [2.45, 2.75) is 17.4 Å². The van der Waals surface area contributed by atoms with Gasteiger partial charge < -0.3 is 10.8 Å². The second-order valence-corrected chi connectivity index (χ2v) is 9.02. The van der Waals surface area contributed by atoms with Crippen LogP contribution >= 0.6 is 0 Å². The monoisotopic (exact) mass is 334 g/mol. The molecule has 2 rings (SSSR count). The molecular weight excluding hydrogens is 316 g/mol. The molecule has 1 atom stereocenters. The number of aliphatic hydroxyl groups is 1. The summed E-state index contributed by atoms with van der Waals surface area (Å²) in [7, 11) is -7.17. The molecular formula is C12H18N2O5S2. The summed E-state index contributed by atoms with van der Waals surface area (Å²) in [6.07, 6.45) is 0.230. The van der Waals surface area contributed by atoms with E-state index in [1.165, 1.54) is 12.1 Å². The number of nitrogens with zero attached hydrogens (tertiary/aromatic N) is 1. The Morgan fingerprint density at radius 2 is 2.00 bits per heavy atom.